The van der Waals surface area contributed by atoms with E-state index in [1.807, 2.05) is 0 Å². The first kappa shape index (κ1) is 17.9. The molecule has 4 rings (SSSR count). The molecule has 0 aliphatic heterocycles. The molecule has 9 atom stereocenters. The monoisotopic (exact) mass is 352 g/mol. The lowest BCUT2D eigenvalue weighted by atomic mass is 9.61. The first-order valence-corrected chi connectivity index (χ1v) is 9.57. The number of aliphatic hydroxyl groups is 5. The minimum absolute atomic E-state index is 0.0532. The van der Waals surface area contributed by atoms with Gasteiger partial charge in [-0.3, -0.25) is 0 Å². The summed E-state index contributed by atoms with van der Waals surface area (Å²) < 4.78 is 0. The zero-order chi connectivity index (χ0) is 18.6. The minimum Gasteiger partial charge on any atom is -0.392 e. The van der Waals surface area contributed by atoms with Crippen LogP contribution in [-0.2, 0) is 0 Å². The van der Waals surface area contributed by atoms with E-state index in [-0.39, 0.29) is 18.3 Å². The molecule has 0 aromatic heterocycles. The van der Waals surface area contributed by atoms with Crippen LogP contribution in [0.15, 0.2) is 12.2 Å². The second-order valence-corrected chi connectivity index (χ2v) is 10.1. The summed E-state index contributed by atoms with van der Waals surface area (Å²) in [6, 6.07) is 0. The van der Waals surface area contributed by atoms with Gasteiger partial charge in [0.25, 0.3) is 0 Å². The molecule has 0 amide bonds. The molecule has 3 unspecified atom stereocenters. The summed E-state index contributed by atoms with van der Waals surface area (Å²) in [7, 11) is 0. The molecule has 4 fully saturated rings. The third kappa shape index (κ3) is 1.86. The van der Waals surface area contributed by atoms with Gasteiger partial charge < -0.3 is 25.5 Å². The summed E-state index contributed by atoms with van der Waals surface area (Å²) in [6.45, 7) is 9.67. The molecule has 4 aliphatic carbocycles. The maximum absolute atomic E-state index is 11.6. The maximum Gasteiger partial charge on any atom is 0.105 e. The van der Waals surface area contributed by atoms with E-state index in [0.717, 1.165) is 12.0 Å². The lowest BCUT2D eigenvalue weighted by Gasteiger charge is -2.46. The zero-order valence-corrected chi connectivity index (χ0v) is 15.4. The molecule has 0 heterocycles. The van der Waals surface area contributed by atoms with Gasteiger partial charge in [0.2, 0.25) is 0 Å². The molecule has 142 valence electrons. The van der Waals surface area contributed by atoms with E-state index in [4.69, 9.17) is 0 Å². The molecule has 4 aliphatic rings. The molecule has 0 aromatic rings. The van der Waals surface area contributed by atoms with Crippen LogP contribution in [0.2, 0.25) is 0 Å². The van der Waals surface area contributed by atoms with E-state index in [0.29, 0.717) is 19.3 Å². The number of hydrogen-bond acceptors (Lipinski definition) is 5. The van der Waals surface area contributed by atoms with Crippen molar-refractivity contribution in [2.24, 2.45) is 28.6 Å². The average molecular weight is 352 g/mol. The fourth-order valence-electron chi connectivity index (χ4n) is 7.23. The Kier molecular flexibility index (Phi) is 3.49. The minimum atomic E-state index is -1.47. The Labute approximate surface area is 149 Å². The molecule has 5 nitrogen and oxygen atoms in total. The Morgan fingerprint density at radius 3 is 2.24 bits per heavy atom. The molecule has 5 heteroatoms. The van der Waals surface area contributed by atoms with E-state index < -0.39 is 46.3 Å². The van der Waals surface area contributed by atoms with Crippen molar-refractivity contribution < 1.29 is 25.5 Å². The maximum atomic E-state index is 11.6. The van der Waals surface area contributed by atoms with Gasteiger partial charge in [-0.25, -0.2) is 0 Å². The van der Waals surface area contributed by atoms with Gasteiger partial charge in [0, 0.05) is 22.7 Å². The van der Waals surface area contributed by atoms with Crippen molar-refractivity contribution in [2.45, 2.75) is 82.4 Å². The van der Waals surface area contributed by atoms with Gasteiger partial charge >= 0.3 is 0 Å². The first-order chi connectivity index (χ1) is 11.4. The summed E-state index contributed by atoms with van der Waals surface area (Å²) in [5.74, 6) is -0.649. The van der Waals surface area contributed by atoms with Gasteiger partial charge in [-0.15, -0.1) is 0 Å². The van der Waals surface area contributed by atoms with Crippen molar-refractivity contribution in [3.63, 3.8) is 0 Å². The van der Waals surface area contributed by atoms with Crippen molar-refractivity contribution in [3.05, 3.63) is 12.2 Å². The van der Waals surface area contributed by atoms with Gasteiger partial charge in [-0.1, -0.05) is 26.0 Å². The fourth-order valence-corrected chi connectivity index (χ4v) is 7.23. The molecule has 5 N–H and O–H groups in total. The third-order valence-corrected chi connectivity index (χ3v) is 8.75. The van der Waals surface area contributed by atoms with Crippen LogP contribution in [0.1, 0.15) is 52.9 Å². The van der Waals surface area contributed by atoms with Crippen molar-refractivity contribution in [1.29, 1.82) is 0 Å². The molecular formula is C20H32O5. The van der Waals surface area contributed by atoms with Crippen LogP contribution < -0.4 is 0 Å². The first-order valence-electron chi connectivity index (χ1n) is 9.57. The van der Waals surface area contributed by atoms with Gasteiger partial charge in [0.05, 0.1) is 23.9 Å². The summed E-state index contributed by atoms with van der Waals surface area (Å²) in [4.78, 5) is 0. The zero-order valence-electron chi connectivity index (χ0n) is 15.4. The lowest BCUT2D eigenvalue weighted by Crippen LogP contribution is -2.57. The standard InChI is InChI=1S/C20H32O5/c1-10-11-5-6-12-16(23)19(11,9-18(12,4)24)8-15(22)20(25)13(10)7-14(21)17(20,2)3/h11-16,21-25H,1,5-9H2,2-4H3/t11?,12-,13?,14+,15-,16?,18-,19+,20-/m1/s1. The molecular weight excluding hydrogens is 320 g/mol. The number of aliphatic hydroxyl groups excluding tert-OH is 3. The van der Waals surface area contributed by atoms with Gasteiger partial charge in [-0.2, -0.15) is 0 Å². The summed E-state index contributed by atoms with van der Waals surface area (Å²) in [6.07, 6.45) is 0.0421. The van der Waals surface area contributed by atoms with Crippen molar-refractivity contribution in [2.75, 3.05) is 0 Å². The second kappa shape index (κ2) is 4.87. The van der Waals surface area contributed by atoms with E-state index in [1.54, 1.807) is 20.8 Å². The summed E-state index contributed by atoms with van der Waals surface area (Å²) >= 11 is 0. The SMILES string of the molecule is C=C1C2CC[C@@H]3C(O)[C@@]2(C[C@@H](O)[C@]2(O)C1C[C@H](O)C2(C)C)C[C@@]3(C)O. The highest BCUT2D eigenvalue weighted by Gasteiger charge is 2.72. The molecule has 25 heavy (non-hydrogen) atoms. The summed E-state index contributed by atoms with van der Waals surface area (Å²) in [5.41, 5.74) is -3.12. The van der Waals surface area contributed by atoms with Crippen LogP contribution in [0.4, 0.5) is 0 Å². The van der Waals surface area contributed by atoms with Crippen LogP contribution in [0, 0.1) is 28.6 Å². The van der Waals surface area contributed by atoms with Crippen LogP contribution in [0.5, 0.6) is 0 Å². The topological polar surface area (TPSA) is 101 Å². The Balaban J connectivity index is 1.85. The Morgan fingerprint density at radius 1 is 0.960 bits per heavy atom. The Bertz CT molecular complexity index is 613. The number of fused-ring (bicyclic) bond motifs is 2. The average Bonchev–Trinajstić information content (AvgIpc) is 2.71. The molecule has 0 saturated heterocycles. The van der Waals surface area contributed by atoms with Gasteiger partial charge in [0.1, 0.15) is 5.60 Å². The predicted molar refractivity (Wildman–Crippen MR) is 92.5 cm³/mol. The normalized spacial score (nSPS) is 60.1. The highest BCUT2D eigenvalue weighted by molar-refractivity contribution is 5.31. The van der Waals surface area contributed by atoms with Crippen LogP contribution in [0.3, 0.4) is 0 Å². The second-order valence-electron chi connectivity index (χ2n) is 10.1. The Morgan fingerprint density at radius 2 is 1.60 bits per heavy atom. The molecule has 0 aromatic carbocycles. The van der Waals surface area contributed by atoms with E-state index >= 15 is 0 Å². The number of hydrogen-bond donors (Lipinski definition) is 5. The highest BCUT2D eigenvalue weighted by Crippen LogP contribution is 2.68. The smallest absolute Gasteiger partial charge is 0.105 e. The third-order valence-electron chi connectivity index (χ3n) is 8.75. The molecule has 4 saturated carbocycles. The largest absolute Gasteiger partial charge is 0.392 e. The van der Waals surface area contributed by atoms with Crippen LogP contribution >= 0.6 is 0 Å². The van der Waals surface area contributed by atoms with E-state index in [9.17, 15) is 25.5 Å². The van der Waals surface area contributed by atoms with Crippen molar-refractivity contribution in [3.8, 4) is 0 Å². The molecule has 2 bridgehead atoms. The highest BCUT2D eigenvalue weighted by atomic mass is 16.4. The quantitative estimate of drug-likeness (QED) is 0.418. The van der Waals surface area contributed by atoms with Crippen molar-refractivity contribution in [1.82, 2.24) is 0 Å². The van der Waals surface area contributed by atoms with E-state index in [1.165, 1.54) is 0 Å². The van der Waals surface area contributed by atoms with Crippen LogP contribution in [0.25, 0.3) is 0 Å². The molecule has 1 spiro atoms. The lowest BCUT2D eigenvalue weighted by molar-refractivity contribution is -0.174. The molecule has 0 radical (unpaired) electrons. The Hall–Kier alpha value is -0.460. The summed E-state index contributed by atoms with van der Waals surface area (Å²) in [5, 5.41) is 55.2. The van der Waals surface area contributed by atoms with E-state index in [2.05, 4.69) is 6.58 Å². The predicted octanol–water partition coefficient (Wildman–Crippen LogP) is 0.974. The van der Waals surface area contributed by atoms with Gasteiger partial charge in [-0.05, 0) is 44.9 Å². The van der Waals surface area contributed by atoms with Crippen LogP contribution in [-0.4, -0.2) is 55.0 Å². The van der Waals surface area contributed by atoms with Crippen molar-refractivity contribution >= 4 is 0 Å². The number of rotatable bonds is 0. The van der Waals surface area contributed by atoms with Gasteiger partial charge in [0.15, 0.2) is 0 Å². The fraction of sp³-hybridized carbons (Fsp3) is 0.900.